The molecule has 0 spiro atoms. The maximum absolute atomic E-state index is 13.8. The second-order valence-electron chi connectivity index (χ2n) is 10.9. The van der Waals surface area contributed by atoms with Gasteiger partial charge in [-0.3, -0.25) is 14.5 Å². The zero-order valence-corrected chi connectivity index (χ0v) is 20.8. The van der Waals surface area contributed by atoms with Gasteiger partial charge in [-0.2, -0.15) is 0 Å². The monoisotopic (exact) mass is 467 g/mol. The number of amides is 2. The van der Waals surface area contributed by atoms with Gasteiger partial charge in [-0.15, -0.1) is 0 Å². The number of piperidine rings is 1. The number of benzene rings is 3. The number of rotatable bonds is 4. The Hall–Kier alpha value is -3.18. The molecule has 1 N–H and O–H groups in total. The van der Waals surface area contributed by atoms with Crippen LogP contribution in [0.2, 0.25) is 0 Å². The Balaban J connectivity index is 1.26. The SMILES string of the molecule is CNC(=O)C[C@]1(C)C(=O)N(C2CCN([C@@]3(C)Cc4cccc5cccc3c45)CC2)c2ccccc21. The van der Waals surface area contributed by atoms with E-state index in [9.17, 15) is 9.59 Å². The lowest BCUT2D eigenvalue weighted by molar-refractivity contribution is -0.129. The van der Waals surface area contributed by atoms with Gasteiger partial charge in [-0.25, -0.2) is 0 Å². The topological polar surface area (TPSA) is 52.7 Å². The van der Waals surface area contributed by atoms with E-state index in [1.165, 1.54) is 21.9 Å². The van der Waals surface area contributed by atoms with Gasteiger partial charge in [0.05, 0.1) is 5.41 Å². The molecule has 3 aromatic carbocycles. The molecule has 35 heavy (non-hydrogen) atoms. The van der Waals surface area contributed by atoms with Gasteiger partial charge in [0, 0.05) is 43.8 Å². The molecule has 6 rings (SSSR count). The summed E-state index contributed by atoms with van der Waals surface area (Å²) in [5, 5.41) is 5.45. The lowest BCUT2D eigenvalue weighted by atomic mass is 9.80. The van der Waals surface area contributed by atoms with Crippen LogP contribution >= 0.6 is 0 Å². The van der Waals surface area contributed by atoms with Gasteiger partial charge >= 0.3 is 0 Å². The van der Waals surface area contributed by atoms with E-state index in [4.69, 9.17) is 0 Å². The highest BCUT2D eigenvalue weighted by Crippen LogP contribution is 2.48. The molecule has 3 aromatic rings. The van der Waals surface area contributed by atoms with E-state index in [2.05, 4.69) is 53.5 Å². The van der Waals surface area contributed by atoms with Gasteiger partial charge in [0.2, 0.25) is 11.8 Å². The minimum Gasteiger partial charge on any atom is -0.359 e. The first-order valence-electron chi connectivity index (χ1n) is 12.8. The fourth-order valence-corrected chi connectivity index (χ4v) is 6.96. The van der Waals surface area contributed by atoms with E-state index >= 15 is 0 Å². The van der Waals surface area contributed by atoms with Crippen LogP contribution in [0.5, 0.6) is 0 Å². The number of anilines is 1. The fraction of sp³-hybridized carbons (Fsp3) is 0.400. The molecule has 0 unspecified atom stereocenters. The molecule has 0 aromatic heterocycles. The molecule has 3 aliphatic rings. The largest absolute Gasteiger partial charge is 0.359 e. The minimum atomic E-state index is -0.817. The van der Waals surface area contributed by atoms with Gasteiger partial charge < -0.3 is 10.2 Å². The molecular formula is C30H33N3O2. The van der Waals surface area contributed by atoms with Crippen molar-refractivity contribution in [2.24, 2.45) is 0 Å². The standard InChI is InChI=1S/C30H33N3O2/c1-29(19-26(34)31-3)23-11-4-5-13-25(23)33(28(29)35)22-14-16-32(17-15-22)30(2)18-21-10-6-8-20-9-7-12-24(30)27(20)21/h4-13,22H,14-19H2,1-3H3,(H,31,34)/t29-,30-/m0/s1. The summed E-state index contributed by atoms with van der Waals surface area (Å²) in [5.41, 5.74) is 3.99. The van der Waals surface area contributed by atoms with Crippen LogP contribution in [0.1, 0.15) is 49.8 Å². The molecule has 0 bridgehead atoms. The molecular weight excluding hydrogens is 434 g/mol. The zero-order chi connectivity index (χ0) is 24.4. The van der Waals surface area contributed by atoms with Crippen molar-refractivity contribution in [1.29, 1.82) is 0 Å². The number of carbonyl (C=O) groups is 2. The molecule has 2 aliphatic heterocycles. The van der Waals surface area contributed by atoms with Gasteiger partial charge in [-0.05, 0) is 66.6 Å². The molecule has 0 saturated carbocycles. The Labute approximate surface area is 207 Å². The van der Waals surface area contributed by atoms with Gasteiger partial charge in [0.15, 0.2) is 0 Å². The second kappa shape index (κ2) is 7.92. The van der Waals surface area contributed by atoms with Crippen molar-refractivity contribution in [3.05, 3.63) is 77.4 Å². The highest BCUT2D eigenvalue weighted by molar-refractivity contribution is 6.10. The Morgan fingerprint density at radius 1 is 0.971 bits per heavy atom. The first-order chi connectivity index (χ1) is 16.9. The number of nitrogens with one attached hydrogen (secondary N) is 1. The van der Waals surface area contributed by atoms with Crippen LogP contribution in [0.15, 0.2) is 60.7 Å². The van der Waals surface area contributed by atoms with Gasteiger partial charge in [-0.1, -0.05) is 54.6 Å². The molecule has 2 atom stereocenters. The van der Waals surface area contributed by atoms with Crippen molar-refractivity contribution in [1.82, 2.24) is 10.2 Å². The molecule has 1 saturated heterocycles. The summed E-state index contributed by atoms with van der Waals surface area (Å²) in [6.07, 6.45) is 3.06. The number of likely N-dealkylation sites (tertiary alicyclic amines) is 1. The zero-order valence-electron chi connectivity index (χ0n) is 20.8. The van der Waals surface area contributed by atoms with Crippen molar-refractivity contribution >= 4 is 28.3 Å². The third-order valence-corrected chi connectivity index (χ3v) is 8.88. The van der Waals surface area contributed by atoms with Crippen LogP contribution in [-0.4, -0.2) is 42.9 Å². The normalized spacial score (nSPS) is 26.4. The smallest absolute Gasteiger partial charge is 0.238 e. The van der Waals surface area contributed by atoms with E-state index in [1.54, 1.807) is 7.05 Å². The van der Waals surface area contributed by atoms with E-state index < -0.39 is 5.41 Å². The number of carbonyl (C=O) groups excluding carboxylic acids is 2. The summed E-state index contributed by atoms with van der Waals surface area (Å²) < 4.78 is 0. The van der Waals surface area contributed by atoms with Crippen LogP contribution in [0.3, 0.4) is 0 Å². The quantitative estimate of drug-likeness (QED) is 0.614. The van der Waals surface area contributed by atoms with Crippen molar-refractivity contribution in [2.75, 3.05) is 25.0 Å². The van der Waals surface area contributed by atoms with Gasteiger partial charge in [0.1, 0.15) is 0 Å². The average Bonchev–Trinajstić information content (AvgIpc) is 3.30. The summed E-state index contributed by atoms with van der Waals surface area (Å²) in [5.74, 6) is -0.0415. The summed E-state index contributed by atoms with van der Waals surface area (Å²) in [6, 6.07) is 21.5. The number of nitrogens with zero attached hydrogens (tertiary/aromatic N) is 2. The summed E-state index contributed by atoms with van der Waals surface area (Å²) in [4.78, 5) is 30.8. The summed E-state index contributed by atoms with van der Waals surface area (Å²) in [6.45, 7) is 6.21. The number of fused-ring (bicyclic) bond motifs is 1. The first-order valence-corrected chi connectivity index (χ1v) is 12.8. The van der Waals surface area contributed by atoms with Crippen LogP contribution in [0.4, 0.5) is 5.69 Å². The van der Waals surface area contributed by atoms with Crippen molar-refractivity contribution in [2.45, 2.75) is 56.5 Å². The molecule has 2 heterocycles. The molecule has 180 valence electrons. The predicted molar refractivity (Wildman–Crippen MR) is 140 cm³/mol. The van der Waals surface area contributed by atoms with Crippen molar-refractivity contribution in [3.8, 4) is 0 Å². The summed E-state index contributed by atoms with van der Waals surface area (Å²) >= 11 is 0. The molecule has 1 fully saturated rings. The fourth-order valence-electron chi connectivity index (χ4n) is 6.96. The lowest BCUT2D eigenvalue weighted by Crippen LogP contribution is -2.54. The lowest BCUT2D eigenvalue weighted by Gasteiger charge is -2.45. The molecule has 5 heteroatoms. The summed E-state index contributed by atoms with van der Waals surface area (Å²) in [7, 11) is 1.63. The van der Waals surface area contributed by atoms with Crippen LogP contribution in [-0.2, 0) is 27.0 Å². The number of hydrogen-bond donors (Lipinski definition) is 1. The maximum atomic E-state index is 13.8. The average molecular weight is 468 g/mol. The van der Waals surface area contributed by atoms with Crippen LogP contribution < -0.4 is 10.2 Å². The van der Waals surface area contributed by atoms with E-state index in [0.717, 1.165) is 43.6 Å². The third kappa shape index (κ3) is 3.17. The number of hydrogen-bond acceptors (Lipinski definition) is 3. The molecule has 0 radical (unpaired) electrons. The van der Waals surface area contributed by atoms with Gasteiger partial charge in [0.25, 0.3) is 0 Å². The number of para-hydroxylation sites is 1. The Morgan fingerprint density at radius 2 is 1.66 bits per heavy atom. The second-order valence-corrected chi connectivity index (χ2v) is 10.9. The first kappa shape index (κ1) is 22.3. The van der Waals surface area contributed by atoms with E-state index in [0.29, 0.717) is 0 Å². The Morgan fingerprint density at radius 3 is 2.40 bits per heavy atom. The van der Waals surface area contributed by atoms with Crippen LogP contribution in [0.25, 0.3) is 10.8 Å². The highest BCUT2D eigenvalue weighted by atomic mass is 16.2. The predicted octanol–water partition coefficient (Wildman–Crippen LogP) is 4.52. The van der Waals surface area contributed by atoms with Crippen molar-refractivity contribution < 1.29 is 9.59 Å². The molecule has 1 aliphatic carbocycles. The Kier molecular flexibility index (Phi) is 5.05. The maximum Gasteiger partial charge on any atom is 0.238 e. The molecule has 2 amide bonds. The third-order valence-electron chi connectivity index (χ3n) is 8.88. The highest BCUT2D eigenvalue weighted by Gasteiger charge is 2.51. The Bertz CT molecular complexity index is 1340. The van der Waals surface area contributed by atoms with Crippen molar-refractivity contribution in [3.63, 3.8) is 0 Å². The molecule has 5 nitrogen and oxygen atoms in total. The van der Waals surface area contributed by atoms with E-state index in [1.807, 2.05) is 36.1 Å². The minimum absolute atomic E-state index is 0.0190. The van der Waals surface area contributed by atoms with E-state index in [-0.39, 0.29) is 29.8 Å². The van der Waals surface area contributed by atoms with Crippen LogP contribution in [0, 0.1) is 0 Å².